The van der Waals surface area contributed by atoms with Gasteiger partial charge in [-0.05, 0) is 36.4 Å². The maximum Gasteiger partial charge on any atom is 0.416 e. The van der Waals surface area contributed by atoms with Crippen molar-refractivity contribution < 1.29 is 22.2 Å². The second kappa shape index (κ2) is 7.41. The molecule has 0 radical (unpaired) electrons. The molecular weight excluding hydrogens is 327 g/mol. The monoisotopic (exact) mass is 341 g/mol. The van der Waals surface area contributed by atoms with E-state index in [0.29, 0.717) is 4.90 Å². The molecule has 0 heterocycles. The summed E-state index contributed by atoms with van der Waals surface area (Å²) in [6, 6.07) is 12.8. The van der Waals surface area contributed by atoms with Gasteiger partial charge in [0.1, 0.15) is 0 Å². The summed E-state index contributed by atoms with van der Waals surface area (Å²) in [6.07, 6.45) is -4.43. The molecular formula is C16H14F3NO2S. The lowest BCUT2D eigenvalue weighted by molar-refractivity contribution is -0.137. The first-order valence-electron chi connectivity index (χ1n) is 6.77. The molecule has 0 saturated carbocycles. The Morgan fingerprint density at radius 3 is 2.17 bits per heavy atom. The van der Waals surface area contributed by atoms with Gasteiger partial charge in [-0.3, -0.25) is 9.00 Å². The van der Waals surface area contributed by atoms with Crippen molar-refractivity contribution in [1.29, 1.82) is 0 Å². The minimum absolute atomic E-state index is 0.128. The molecule has 0 fully saturated rings. The van der Waals surface area contributed by atoms with Crippen LogP contribution in [0, 0.1) is 0 Å². The quantitative estimate of drug-likeness (QED) is 0.907. The van der Waals surface area contributed by atoms with Crippen molar-refractivity contribution in [3.05, 3.63) is 65.7 Å². The summed E-state index contributed by atoms with van der Waals surface area (Å²) in [5.74, 6) is -0.264. The Balaban J connectivity index is 1.87. The number of carbonyl (C=O) groups excluding carboxylic acids is 1. The Hall–Kier alpha value is -2.15. The van der Waals surface area contributed by atoms with E-state index >= 15 is 0 Å². The van der Waals surface area contributed by atoms with Gasteiger partial charge in [-0.1, -0.05) is 18.2 Å². The van der Waals surface area contributed by atoms with E-state index in [2.05, 4.69) is 5.32 Å². The Kier molecular flexibility index (Phi) is 5.54. The smallest absolute Gasteiger partial charge is 0.351 e. The fraction of sp³-hybridized carbons (Fsp3) is 0.188. The maximum atomic E-state index is 12.4. The van der Waals surface area contributed by atoms with Crippen LogP contribution in [-0.2, 0) is 17.0 Å². The normalized spacial score (nSPS) is 12.7. The van der Waals surface area contributed by atoms with Crippen molar-refractivity contribution in [3.63, 3.8) is 0 Å². The average molecular weight is 341 g/mol. The molecule has 1 amide bonds. The highest BCUT2D eigenvalue weighted by atomic mass is 32.2. The molecule has 0 aromatic heterocycles. The second-order valence-electron chi connectivity index (χ2n) is 4.69. The van der Waals surface area contributed by atoms with Gasteiger partial charge < -0.3 is 5.32 Å². The van der Waals surface area contributed by atoms with E-state index in [0.717, 1.165) is 24.3 Å². The fourth-order valence-corrected chi connectivity index (χ4v) is 2.84. The third-order valence-electron chi connectivity index (χ3n) is 3.05. The van der Waals surface area contributed by atoms with Gasteiger partial charge in [-0.25, -0.2) is 0 Å². The van der Waals surface area contributed by atoms with E-state index in [4.69, 9.17) is 0 Å². The van der Waals surface area contributed by atoms with Crippen molar-refractivity contribution in [1.82, 2.24) is 5.32 Å². The van der Waals surface area contributed by atoms with Gasteiger partial charge in [0.05, 0.1) is 16.4 Å². The molecule has 0 aliphatic heterocycles. The highest BCUT2D eigenvalue weighted by molar-refractivity contribution is 7.85. The molecule has 1 N–H and O–H groups in total. The first-order valence-corrected chi connectivity index (χ1v) is 8.09. The van der Waals surface area contributed by atoms with Gasteiger partial charge >= 0.3 is 6.18 Å². The van der Waals surface area contributed by atoms with Crippen LogP contribution >= 0.6 is 0 Å². The van der Waals surface area contributed by atoms with E-state index in [-0.39, 0.29) is 17.9 Å². The molecule has 0 aliphatic rings. The van der Waals surface area contributed by atoms with Crippen LogP contribution in [-0.4, -0.2) is 22.4 Å². The molecule has 0 bridgehead atoms. The van der Waals surface area contributed by atoms with Crippen LogP contribution in [0.2, 0.25) is 0 Å². The number of hydrogen-bond donors (Lipinski definition) is 1. The van der Waals surface area contributed by atoms with Gasteiger partial charge in [-0.2, -0.15) is 13.2 Å². The van der Waals surface area contributed by atoms with Crippen LogP contribution in [0.1, 0.15) is 15.9 Å². The number of hydrogen-bond acceptors (Lipinski definition) is 2. The summed E-state index contributed by atoms with van der Waals surface area (Å²) in [5.41, 5.74) is -0.678. The first-order chi connectivity index (χ1) is 10.9. The lowest BCUT2D eigenvalue weighted by Gasteiger charge is -2.08. The van der Waals surface area contributed by atoms with E-state index in [1.165, 1.54) is 0 Å². The van der Waals surface area contributed by atoms with E-state index in [1.54, 1.807) is 24.3 Å². The number of nitrogens with one attached hydrogen (secondary N) is 1. The highest BCUT2D eigenvalue weighted by Crippen LogP contribution is 2.29. The van der Waals surface area contributed by atoms with Crippen LogP contribution < -0.4 is 5.32 Å². The van der Waals surface area contributed by atoms with E-state index < -0.39 is 28.4 Å². The molecule has 0 aliphatic carbocycles. The Morgan fingerprint density at radius 1 is 1.00 bits per heavy atom. The summed E-state index contributed by atoms with van der Waals surface area (Å²) in [7, 11) is -1.24. The topological polar surface area (TPSA) is 46.2 Å². The third-order valence-corrected chi connectivity index (χ3v) is 4.43. The summed E-state index contributed by atoms with van der Waals surface area (Å²) in [6.45, 7) is 0.168. The first kappa shape index (κ1) is 17.2. The molecule has 0 spiro atoms. The molecule has 2 rings (SSSR count). The number of carbonyl (C=O) groups is 1. The van der Waals surface area contributed by atoms with Crippen LogP contribution in [0.25, 0.3) is 0 Å². The predicted molar refractivity (Wildman–Crippen MR) is 81.5 cm³/mol. The Morgan fingerprint density at radius 2 is 1.61 bits per heavy atom. The lowest BCUT2D eigenvalue weighted by atomic mass is 10.1. The van der Waals surface area contributed by atoms with Gasteiger partial charge in [0.2, 0.25) is 0 Å². The highest BCUT2D eigenvalue weighted by Gasteiger charge is 2.30. The van der Waals surface area contributed by atoms with Crippen molar-refractivity contribution in [2.45, 2.75) is 11.1 Å². The molecule has 2 aromatic rings. The van der Waals surface area contributed by atoms with Crippen molar-refractivity contribution in [3.8, 4) is 0 Å². The zero-order valence-corrected chi connectivity index (χ0v) is 12.8. The van der Waals surface area contributed by atoms with E-state index in [1.807, 2.05) is 6.07 Å². The van der Waals surface area contributed by atoms with Gasteiger partial charge in [0.15, 0.2) is 0 Å². The molecule has 1 atom stereocenters. The van der Waals surface area contributed by atoms with Crippen molar-refractivity contribution >= 4 is 16.7 Å². The Labute approximate surface area is 134 Å². The Bertz CT molecular complexity index is 685. The molecule has 3 nitrogen and oxygen atoms in total. The standard InChI is InChI=1S/C16H14F3NO2S/c17-16(18,19)13-8-6-12(7-9-13)15(21)20-10-11-23(22)14-4-2-1-3-5-14/h1-9H,10-11H2,(H,20,21). The molecule has 7 heteroatoms. The summed E-state index contributed by atoms with van der Waals surface area (Å²) < 4.78 is 49.3. The van der Waals surface area contributed by atoms with Crippen LogP contribution in [0.3, 0.4) is 0 Å². The number of amides is 1. The summed E-state index contributed by atoms with van der Waals surface area (Å²) in [4.78, 5) is 12.5. The van der Waals surface area contributed by atoms with Crippen molar-refractivity contribution in [2.24, 2.45) is 0 Å². The number of halogens is 3. The van der Waals surface area contributed by atoms with Gasteiger partial charge in [0, 0.05) is 22.8 Å². The van der Waals surface area contributed by atoms with Crippen LogP contribution in [0.5, 0.6) is 0 Å². The molecule has 122 valence electrons. The summed E-state index contributed by atoms with van der Waals surface area (Å²) >= 11 is 0. The van der Waals surface area contributed by atoms with Crippen LogP contribution in [0.15, 0.2) is 59.5 Å². The van der Waals surface area contributed by atoms with Crippen molar-refractivity contribution in [2.75, 3.05) is 12.3 Å². The predicted octanol–water partition coefficient (Wildman–Crippen LogP) is 3.24. The molecule has 2 aromatic carbocycles. The lowest BCUT2D eigenvalue weighted by Crippen LogP contribution is -2.27. The minimum atomic E-state index is -4.43. The third kappa shape index (κ3) is 4.92. The number of rotatable bonds is 5. The molecule has 23 heavy (non-hydrogen) atoms. The van der Waals surface area contributed by atoms with E-state index in [9.17, 15) is 22.2 Å². The summed E-state index contributed by atoms with van der Waals surface area (Å²) in [5, 5.41) is 2.54. The SMILES string of the molecule is O=C(NCCS(=O)c1ccccc1)c1ccc(C(F)(F)F)cc1. The second-order valence-corrected chi connectivity index (χ2v) is 6.26. The maximum absolute atomic E-state index is 12.4. The number of alkyl halides is 3. The van der Waals surface area contributed by atoms with Gasteiger partial charge in [-0.15, -0.1) is 0 Å². The average Bonchev–Trinajstić information content (AvgIpc) is 2.54. The fourth-order valence-electron chi connectivity index (χ4n) is 1.86. The molecule has 1 unspecified atom stereocenters. The molecule has 0 saturated heterocycles. The minimum Gasteiger partial charge on any atom is -0.351 e. The van der Waals surface area contributed by atoms with Crippen LogP contribution in [0.4, 0.5) is 13.2 Å². The number of benzene rings is 2. The zero-order chi connectivity index (χ0) is 16.9. The largest absolute Gasteiger partial charge is 0.416 e. The zero-order valence-electron chi connectivity index (χ0n) is 12.0. The van der Waals surface area contributed by atoms with Gasteiger partial charge in [0.25, 0.3) is 5.91 Å².